The van der Waals surface area contributed by atoms with Gasteiger partial charge in [0.15, 0.2) is 5.16 Å². The van der Waals surface area contributed by atoms with Crippen LogP contribution in [-0.2, 0) is 19.4 Å². The Labute approximate surface area is 116 Å². The van der Waals surface area contributed by atoms with E-state index in [0.29, 0.717) is 0 Å². The molecule has 1 aromatic carbocycles. The molecular formula is C13H15ClN2OS. The molecule has 1 aromatic heterocycles. The Balaban J connectivity index is 2.09. The molecule has 3 nitrogen and oxygen atoms in total. The molecular weight excluding hydrogens is 268 g/mol. The number of hydrogen-bond acceptors (Lipinski definition) is 3. The smallest absolute Gasteiger partial charge is 0.168 e. The quantitative estimate of drug-likeness (QED) is 0.876. The first-order valence-corrected chi connectivity index (χ1v) is 6.97. The fraction of sp³-hybridized carbons (Fsp3) is 0.308. The van der Waals surface area contributed by atoms with Crippen molar-refractivity contribution >= 4 is 23.4 Å². The summed E-state index contributed by atoms with van der Waals surface area (Å²) in [6.07, 6.45) is 1.69. The van der Waals surface area contributed by atoms with Crippen LogP contribution in [-0.4, -0.2) is 14.7 Å². The number of aromatic nitrogens is 2. The summed E-state index contributed by atoms with van der Waals surface area (Å²) in [5, 5.41) is 10.8. The minimum Gasteiger partial charge on any atom is -0.390 e. The number of halogens is 1. The summed E-state index contributed by atoms with van der Waals surface area (Å²) < 4.78 is 1.90. The Morgan fingerprint density at radius 1 is 1.44 bits per heavy atom. The number of hydrogen-bond donors (Lipinski definition) is 1. The lowest BCUT2D eigenvalue weighted by Gasteiger charge is -2.06. The van der Waals surface area contributed by atoms with Crippen LogP contribution >= 0.6 is 23.4 Å². The maximum absolute atomic E-state index is 9.10. The molecule has 2 aromatic rings. The van der Waals surface area contributed by atoms with Crippen molar-refractivity contribution in [3.05, 3.63) is 46.2 Å². The SMILES string of the molecule is Cc1ccc(CSc2ncc(CO)n2C)c(Cl)c1. The third kappa shape index (κ3) is 2.88. The van der Waals surface area contributed by atoms with Crippen LogP contribution in [0, 0.1) is 6.92 Å². The van der Waals surface area contributed by atoms with E-state index in [2.05, 4.69) is 11.1 Å². The summed E-state index contributed by atoms with van der Waals surface area (Å²) >= 11 is 7.80. The molecule has 1 heterocycles. The lowest BCUT2D eigenvalue weighted by atomic mass is 10.2. The number of aryl methyl sites for hydroxylation is 1. The minimum absolute atomic E-state index is 0.00927. The van der Waals surface area contributed by atoms with Crippen LogP contribution in [0.25, 0.3) is 0 Å². The molecule has 0 bridgehead atoms. The number of benzene rings is 1. The fourth-order valence-electron chi connectivity index (χ4n) is 1.62. The van der Waals surface area contributed by atoms with Gasteiger partial charge in [-0.1, -0.05) is 35.5 Å². The molecule has 0 radical (unpaired) electrons. The average Bonchev–Trinajstić information content (AvgIpc) is 2.69. The molecule has 0 fully saturated rings. The maximum atomic E-state index is 9.10. The van der Waals surface area contributed by atoms with Crippen LogP contribution in [0.2, 0.25) is 5.02 Å². The first-order valence-electron chi connectivity index (χ1n) is 5.61. The zero-order valence-electron chi connectivity index (χ0n) is 10.4. The Bertz CT molecular complexity index is 554. The number of aliphatic hydroxyl groups excluding tert-OH is 1. The molecule has 1 N–H and O–H groups in total. The highest BCUT2D eigenvalue weighted by molar-refractivity contribution is 7.98. The van der Waals surface area contributed by atoms with Gasteiger partial charge in [0.05, 0.1) is 18.5 Å². The van der Waals surface area contributed by atoms with Crippen molar-refractivity contribution in [1.82, 2.24) is 9.55 Å². The third-order valence-electron chi connectivity index (χ3n) is 2.77. The third-order valence-corrected chi connectivity index (χ3v) is 4.21. The highest BCUT2D eigenvalue weighted by atomic mass is 35.5. The number of rotatable bonds is 4. The first kappa shape index (κ1) is 13.5. The van der Waals surface area contributed by atoms with Crippen LogP contribution in [0.5, 0.6) is 0 Å². The van der Waals surface area contributed by atoms with Crippen molar-refractivity contribution in [1.29, 1.82) is 0 Å². The topological polar surface area (TPSA) is 38.1 Å². The monoisotopic (exact) mass is 282 g/mol. The van der Waals surface area contributed by atoms with Crippen LogP contribution in [0.3, 0.4) is 0 Å². The van der Waals surface area contributed by atoms with Crippen LogP contribution in [0.1, 0.15) is 16.8 Å². The first-order chi connectivity index (χ1) is 8.61. The van der Waals surface area contributed by atoms with Gasteiger partial charge in [0.25, 0.3) is 0 Å². The molecule has 0 amide bonds. The van der Waals surface area contributed by atoms with E-state index in [4.69, 9.17) is 16.7 Å². The molecule has 2 rings (SSSR count). The van der Waals surface area contributed by atoms with Crippen molar-refractivity contribution in [3.63, 3.8) is 0 Å². The predicted molar refractivity (Wildman–Crippen MR) is 74.9 cm³/mol. The Hall–Kier alpha value is -0.970. The summed E-state index contributed by atoms with van der Waals surface area (Å²) in [7, 11) is 1.90. The zero-order valence-corrected chi connectivity index (χ0v) is 11.9. The van der Waals surface area contributed by atoms with E-state index in [0.717, 1.165) is 32.8 Å². The zero-order chi connectivity index (χ0) is 13.1. The van der Waals surface area contributed by atoms with Crippen molar-refractivity contribution in [2.45, 2.75) is 24.4 Å². The normalized spacial score (nSPS) is 10.9. The van der Waals surface area contributed by atoms with Gasteiger partial charge in [-0.2, -0.15) is 0 Å². The summed E-state index contributed by atoms with van der Waals surface area (Å²) in [5.41, 5.74) is 3.07. The van der Waals surface area contributed by atoms with Gasteiger partial charge in [-0.05, 0) is 24.1 Å². The van der Waals surface area contributed by atoms with Crippen LogP contribution < -0.4 is 0 Å². The Morgan fingerprint density at radius 2 is 2.22 bits per heavy atom. The number of aliphatic hydroxyl groups is 1. The summed E-state index contributed by atoms with van der Waals surface area (Å²) in [6, 6.07) is 6.06. The number of nitrogens with zero attached hydrogens (tertiary/aromatic N) is 2. The molecule has 0 aliphatic carbocycles. The van der Waals surface area contributed by atoms with Gasteiger partial charge < -0.3 is 9.67 Å². The number of thioether (sulfide) groups is 1. The molecule has 0 aliphatic rings. The lowest BCUT2D eigenvalue weighted by Crippen LogP contribution is -1.97. The maximum Gasteiger partial charge on any atom is 0.168 e. The van der Waals surface area contributed by atoms with E-state index >= 15 is 0 Å². The summed E-state index contributed by atoms with van der Waals surface area (Å²) in [6.45, 7) is 2.03. The van der Waals surface area contributed by atoms with Gasteiger partial charge in [0.1, 0.15) is 0 Å². The van der Waals surface area contributed by atoms with Crippen molar-refractivity contribution in [3.8, 4) is 0 Å². The fourth-order valence-corrected chi connectivity index (χ4v) is 2.97. The second kappa shape index (κ2) is 5.78. The average molecular weight is 283 g/mol. The highest BCUT2D eigenvalue weighted by Crippen LogP contribution is 2.26. The minimum atomic E-state index is 0.00927. The second-order valence-electron chi connectivity index (χ2n) is 4.13. The molecule has 0 aliphatic heterocycles. The van der Waals surface area contributed by atoms with Crippen LogP contribution in [0.15, 0.2) is 29.6 Å². The van der Waals surface area contributed by atoms with E-state index < -0.39 is 0 Å². The van der Waals surface area contributed by atoms with Crippen LogP contribution in [0.4, 0.5) is 0 Å². The molecule has 96 valence electrons. The predicted octanol–water partition coefficient (Wildman–Crippen LogP) is 3.17. The van der Waals surface area contributed by atoms with E-state index in [9.17, 15) is 0 Å². The lowest BCUT2D eigenvalue weighted by molar-refractivity contribution is 0.271. The van der Waals surface area contributed by atoms with E-state index in [1.807, 2.05) is 30.7 Å². The van der Waals surface area contributed by atoms with Gasteiger partial charge >= 0.3 is 0 Å². The van der Waals surface area contributed by atoms with E-state index in [1.165, 1.54) is 0 Å². The van der Waals surface area contributed by atoms with Gasteiger partial charge in [0, 0.05) is 17.8 Å². The highest BCUT2D eigenvalue weighted by Gasteiger charge is 2.08. The second-order valence-corrected chi connectivity index (χ2v) is 5.48. The van der Waals surface area contributed by atoms with Gasteiger partial charge in [-0.3, -0.25) is 0 Å². The molecule has 0 saturated heterocycles. The van der Waals surface area contributed by atoms with Gasteiger partial charge in [-0.25, -0.2) is 4.98 Å². The van der Waals surface area contributed by atoms with Gasteiger partial charge in [-0.15, -0.1) is 0 Å². The van der Waals surface area contributed by atoms with E-state index in [-0.39, 0.29) is 6.61 Å². The molecule has 18 heavy (non-hydrogen) atoms. The summed E-state index contributed by atoms with van der Waals surface area (Å²) in [4.78, 5) is 4.27. The largest absolute Gasteiger partial charge is 0.390 e. The Kier molecular flexibility index (Phi) is 4.32. The molecule has 5 heteroatoms. The summed E-state index contributed by atoms with van der Waals surface area (Å²) in [5.74, 6) is 0.773. The van der Waals surface area contributed by atoms with Crippen molar-refractivity contribution in [2.75, 3.05) is 0 Å². The molecule has 0 atom stereocenters. The molecule has 0 unspecified atom stereocenters. The Morgan fingerprint density at radius 3 is 2.83 bits per heavy atom. The molecule has 0 spiro atoms. The van der Waals surface area contributed by atoms with E-state index in [1.54, 1.807) is 18.0 Å². The standard InChI is InChI=1S/C13H15ClN2OS/c1-9-3-4-10(12(14)5-9)8-18-13-15-6-11(7-17)16(13)2/h3-6,17H,7-8H2,1-2H3. The van der Waals surface area contributed by atoms with Crippen molar-refractivity contribution in [2.24, 2.45) is 7.05 Å². The van der Waals surface area contributed by atoms with Gasteiger partial charge in [0.2, 0.25) is 0 Å². The van der Waals surface area contributed by atoms with Crippen molar-refractivity contribution < 1.29 is 5.11 Å². The molecule has 0 saturated carbocycles. The number of imidazole rings is 1.